The summed E-state index contributed by atoms with van der Waals surface area (Å²) in [4.78, 5) is 13.0. The van der Waals surface area contributed by atoms with E-state index in [1.165, 1.54) is 5.56 Å². The first kappa shape index (κ1) is 12.9. The van der Waals surface area contributed by atoms with E-state index in [0.717, 1.165) is 17.0 Å². The zero-order valence-electron chi connectivity index (χ0n) is 11.3. The van der Waals surface area contributed by atoms with Gasteiger partial charge in [0.25, 0.3) is 0 Å². The van der Waals surface area contributed by atoms with Crippen LogP contribution in [0.4, 0.5) is 5.82 Å². The Labute approximate surface area is 121 Å². The van der Waals surface area contributed by atoms with Gasteiger partial charge in [-0.05, 0) is 24.1 Å². The zero-order chi connectivity index (χ0) is 14.1. The van der Waals surface area contributed by atoms with E-state index in [-0.39, 0.29) is 5.28 Å². The number of hydrogen-bond donors (Lipinski definition) is 1. The molecule has 102 valence electrons. The molecule has 0 bridgehead atoms. The van der Waals surface area contributed by atoms with Gasteiger partial charge in [0.1, 0.15) is 5.82 Å². The van der Waals surface area contributed by atoms with Gasteiger partial charge in [-0.25, -0.2) is 4.98 Å². The molecule has 3 rings (SSSR count). The zero-order valence-corrected chi connectivity index (χ0v) is 12.0. The second-order valence-electron chi connectivity index (χ2n) is 4.49. The van der Waals surface area contributed by atoms with Crippen LogP contribution in [0.1, 0.15) is 11.4 Å². The number of fused-ring (bicyclic) bond motifs is 1. The first-order valence-corrected chi connectivity index (χ1v) is 6.69. The Balaban J connectivity index is 2.15. The maximum absolute atomic E-state index is 5.98. The Morgan fingerprint density at radius 3 is 2.60 bits per heavy atom. The minimum absolute atomic E-state index is 0.219. The molecule has 0 amide bonds. The predicted molar refractivity (Wildman–Crippen MR) is 80.2 cm³/mol. The highest BCUT2D eigenvalue weighted by atomic mass is 35.5. The summed E-state index contributed by atoms with van der Waals surface area (Å²) in [6.45, 7) is 2.66. The molecule has 20 heavy (non-hydrogen) atoms. The fourth-order valence-corrected chi connectivity index (χ4v) is 2.38. The maximum Gasteiger partial charge on any atom is 0.226 e. The van der Waals surface area contributed by atoms with Gasteiger partial charge >= 0.3 is 0 Å². The van der Waals surface area contributed by atoms with E-state index < -0.39 is 0 Å². The summed E-state index contributed by atoms with van der Waals surface area (Å²) in [7, 11) is 1.80. The number of aryl methyl sites for hydroxylation is 1. The highest BCUT2D eigenvalue weighted by molar-refractivity contribution is 6.28. The molecule has 0 aliphatic carbocycles. The molecule has 1 N–H and O–H groups in total. The van der Waals surface area contributed by atoms with Gasteiger partial charge in [0.2, 0.25) is 5.28 Å². The van der Waals surface area contributed by atoms with Crippen molar-refractivity contribution in [1.82, 2.24) is 19.5 Å². The van der Waals surface area contributed by atoms with Gasteiger partial charge in [-0.2, -0.15) is 9.97 Å². The number of hydrogen-bond acceptors (Lipinski definition) is 4. The van der Waals surface area contributed by atoms with Gasteiger partial charge in [-0.15, -0.1) is 0 Å². The van der Waals surface area contributed by atoms with Crippen LogP contribution in [0.25, 0.3) is 11.2 Å². The molecule has 0 spiro atoms. The van der Waals surface area contributed by atoms with Crippen LogP contribution < -0.4 is 5.32 Å². The molecule has 2 heterocycles. The lowest BCUT2D eigenvalue weighted by atomic mass is 10.2. The van der Waals surface area contributed by atoms with Crippen LogP contribution >= 0.6 is 11.6 Å². The van der Waals surface area contributed by atoms with Crippen molar-refractivity contribution in [3.8, 4) is 0 Å². The van der Waals surface area contributed by atoms with Crippen LogP contribution in [0.2, 0.25) is 5.28 Å². The van der Waals surface area contributed by atoms with Crippen molar-refractivity contribution >= 4 is 28.6 Å². The fraction of sp³-hybridized carbons (Fsp3) is 0.214. The van der Waals surface area contributed by atoms with Gasteiger partial charge in [0.15, 0.2) is 17.0 Å². The molecule has 0 fully saturated rings. The SMILES string of the molecule is CNc1nc(Cl)nc2c1nc(C)n2Cc1ccccc1. The van der Waals surface area contributed by atoms with Crippen LogP contribution in [-0.2, 0) is 6.54 Å². The van der Waals surface area contributed by atoms with Gasteiger partial charge in [-0.3, -0.25) is 0 Å². The number of imidazole rings is 1. The Hall–Kier alpha value is -2.14. The molecule has 0 aliphatic rings. The van der Waals surface area contributed by atoms with Crippen LogP contribution in [0.5, 0.6) is 0 Å². The normalized spacial score (nSPS) is 10.9. The Morgan fingerprint density at radius 2 is 1.90 bits per heavy atom. The lowest BCUT2D eigenvalue weighted by Crippen LogP contribution is -2.04. The number of aromatic nitrogens is 4. The highest BCUT2D eigenvalue weighted by Crippen LogP contribution is 2.23. The van der Waals surface area contributed by atoms with Gasteiger partial charge in [0, 0.05) is 7.05 Å². The van der Waals surface area contributed by atoms with Crippen LogP contribution in [0.15, 0.2) is 30.3 Å². The Morgan fingerprint density at radius 1 is 1.15 bits per heavy atom. The van der Waals surface area contributed by atoms with Gasteiger partial charge in [0.05, 0.1) is 6.54 Å². The van der Waals surface area contributed by atoms with Crippen molar-refractivity contribution in [2.75, 3.05) is 12.4 Å². The van der Waals surface area contributed by atoms with Crippen molar-refractivity contribution in [2.45, 2.75) is 13.5 Å². The second-order valence-corrected chi connectivity index (χ2v) is 4.83. The minimum Gasteiger partial charge on any atom is -0.371 e. The quantitative estimate of drug-likeness (QED) is 0.753. The molecule has 6 heteroatoms. The van der Waals surface area contributed by atoms with Crippen molar-refractivity contribution < 1.29 is 0 Å². The van der Waals surface area contributed by atoms with E-state index in [1.807, 2.05) is 29.7 Å². The van der Waals surface area contributed by atoms with Crippen LogP contribution in [-0.4, -0.2) is 26.6 Å². The summed E-state index contributed by atoms with van der Waals surface area (Å²) < 4.78 is 2.04. The number of halogens is 1. The molecule has 0 aliphatic heterocycles. The van der Waals surface area contributed by atoms with Crippen LogP contribution in [0, 0.1) is 6.92 Å². The summed E-state index contributed by atoms with van der Waals surface area (Å²) in [6, 6.07) is 10.2. The average molecular weight is 288 g/mol. The van der Waals surface area contributed by atoms with E-state index in [2.05, 4.69) is 32.4 Å². The number of rotatable bonds is 3. The van der Waals surface area contributed by atoms with E-state index in [1.54, 1.807) is 7.05 Å². The molecular weight excluding hydrogens is 274 g/mol. The lowest BCUT2D eigenvalue weighted by molar-refractivity contribution is 0.777. The van der Waals surface area contributed by atoms with Crippen molar-refractivity contribution in [3.63, 3.8) is 0 Å². The molecule has 5 nitrogen and oxygen atoms in total. The Kier molecular flexibility index (Phi) is 3.28. The number of nitrogens with zero attached hydrogens (tertiary/aromatic N) is 4. The topological polar surface area (TPSA) is 55.6 Å². The molecule has 1 aromatic carbocycles. The molecule has 2 aromatic heterocycles. The molecule has 0 radical (unpaired) electrons. The summed E-state index contributed by atoms with van der Waals surface area (Å²) in [6.07, 6.45) is 0. The molecular formula is C14H14ClN5. The standard InChI is InChI=1S/C14H14ClN5/c1-9-17-11-12(16-2)18-14(15)19-13(11)20(9)8-10-6-4-3-5-7-10/h3-7H,8H2,1-2H3,(H,16,18,19). The van der Waals surface area contributed by atoms with E-state index in [4.69, 9.17) is 11.6 Å². The largest absolute Gasteiger partial charge is 0.371 e. The van der Waals surface area contributed by atoms with Crippen molar-refractivity contribution in [1.29, 1.82) is 0 Å². The molecule has 0 unspecified atom stereocenters. The van der Waals surface area contributed by atoms with Crippen LogP contribution in [0.3, 0.4) is 0 Å². The molecule has 0 saturated carbocycles. The van der Waals surface area contributed by atoms with Gasteiger partial charge < -0.3 is 9.88 Å². The summed E-state index contributed by atoms with van der Waals surface area (Å²) in [5.41, 5.74) is 2.68. The Bertz CT molecular complexity index is 751. The third kappa shape index (κ3) is 2.20. The molecule has 3 aromatic rings. The number of anilines is 1. The first-order valence-electron chi connectivity index (χ1n) is 6.31. The second kappa shape index (κ2) is 5.09. The fourth-order valence-electron chi connectivity index (χ4n) is 2.21. The van der Waals surface area contributed by atoms with Crippen molar-refractivity contribution in [3.05, 3.63) is 47.0 Å². The molecule has 0 saturated heterocycles. The third-order valence-corrected chi connectivity index (χ3v) is 3.35. The smallest absolute Gasteiger partial charge is 0.226 e. The monoisotopic (exact) mass is 287 g/mol. The summed E-state index contributed by atoms with van der Waals surface area (Å²) in [5.74, 6) is 1.53. The summed E-state index contributed by atoms with van der Waals surface area (Å²) >= 11 is 5.98. The first-order chi connectivity index (χ1) is 9.69. The summed E-state index contributed by atoms with van der Waals surface area (Å²) in [5, 5.41) is 3.22. The lowest BCUT2D eigenvalue weighted by Gasteiger charge is -2.07. The van der Waals surface area contributed by atoms with E-state index in [0.29, 0.717) is 12.4 Å². The number of benzene rings is 1. The third-order valence-electron chi connectivity index (χ3n) is 3.18. The average Bonchev–Trinajstić information content (AvgIpc) is 2.76. The predicted octanol–water partition coefficient (Wildman–Crippen LogP) is 2.88. The van der Waals surface area contributed by atoms with Crippen molar-refractivity contribution in [2.24, 2.45) is 0 Å². The highest BCUT2D eigenvalue weighted by Gasteiger charge is 2.14. The maximum atomic E-state index is 5.98. The van der Waals surface area contributed by atoms with E-state index >= 15 is 0 Å². The molecule has 0 atom stereocenters. The minimum atomic E-state index is 0.219. The van der Waals surface area contributed by atoms with E-state index in [9.17, 15) is 0 Å². The number of nitrogens with one attached hydrogen (secondary N) is 1. The van der Waals surface area contributed by atoms with Gasteiger partial charge in [-0.1, -0.05) is 30.3 Å².